The zero-order chi connectivity index (χ0) is 10.0. The number of halogens is 2. The maximum atomic E-state index is 13.2. The van der Waals surface area contributed by atoms with Crippen LogP contribution in [-0.2, 0) is 0 Å². The van der Waals surface area contributed by atoms with E-state index in [4.69, 9.17) is 0 Å². The van der Waals surface area contributed by atoms with Crippen molar-refractivity contribution in [3.8, 4) is 0 Å². The Morgan fingerprint density at radius 3 is 2.38 bits per heavy atom. The molecule has 0 saturated carbocycles. The molecule has 0 aliphatic carbocycles. The van der Waals surface area contributed by atoms with Gasteiger partial charge in [0.05, 0.1) is 0 Å². The van der Waals surface area contributed by atoms with E-state index < -0.39 is 11.6 Å². The van der Waals surface area contributed by atoms with Crippen LogP contribution in [0.3, 0.4) is 0 Å². The number of hydrogen-bond donors (Lipinski definition) is 0. The lowest BCUT2D eigenvalue weighted by Gasteiger charge is -2.11. The molecule has 0 spiro atoms. The molecule has 0 aliphatic rings. The van der Waals surface area contributed by atoms with E-state index in [1.807, 2.05) is 13.8 Å². The van der Waals surface area contributed by atoms with Gasteiger partial charge in [0, 0.05) is 6.07 Å². The summed E-state index contributed by atoms with van der Waals surface area (Å²) in [5, 5.41) is 0. The van der Waals surface area contributed by atoms with Crippen molar-refractivity contribution in [2.24, 2.45) is 0 Å². The Labute approximate surface area is 77.6 Å². The zero-order valence-electron chi connectivity index (χ0n) is 8.20. The molecule has 1 atom stereocenters. The third kappa shape index (κ3) is 2.06. The largest absolute Gasteiger partial charge is 0.207 e. The van der Waals surface area contributed by atoms with Gasteiger partial charge in [0.2, 0.25) is 0 Å². The Kier molecular flexibility index (Phi) is 3.02. The Morgan fingerprint density at radius 1 is 1.23 bits per heavy atom. The molecule has 72 valence electrons. The topological polar surface area (TPSA) is 0 Å². The first-order chi connectivity index (χ1) is 6.06. The van der Waals surface area contributed by atoms with E-state index in [1.54, 1.807) is 13.0 Å². The lowest BCUT2D eigenvalue weighted by molar-refractivity contribution is 0.552. The third-order valence-corrected chi connectivity index (χ3v) is 2.42. The van der Waals surface area contributed by atoms with Crippen molar-refractivity contribution < 1.29 is 8.78 Å². The fourth-order valence-electron chi connectivity index (χ4n) is 1.28. The summed E-state index contributed by atoms with van der Waals surface area (Å²) in [7, 11) is 0. The summed E-state index contributed by atoms with van der Waals surface area (Å²) in [6, 6.07) is 2.57. The molecule has 0 saturated heterocycles. The predicted octanol–water partition coefficient (Wildman–Crippen LogP) is 3.79. The molecule has 0 amide bonds. The van der Waals surface area contributed by atoms with Gasteiger partial charge in [-0.2, -0.15) is 0 Å². The van der Waals surface area contributed by atoms with Crippen LogP contribution in [0.5, 0.6) is 0 Å². The molecule has 2 heteroatoms. The second-order valence-corrected chi connectivity index (χ2v) is 3.43. The molecule has 0 nitrogen and oxygen atoms in total. The first-order valence-corrected chi connectivity index (χ1v) is 4.51. The van der Waals surface area contributed by atoms with Crippen molar-refractivity contribution in [1.29, 1.82) is 0 Å². The van der Waals surface area contributed by atoms with E-state index in [1.165, 1.54) is 0 Å². The molecular weight excluding hydrogens is 170 g/mol. The quantitative estimate of drug-likeness (QED) is 0.656. The lowest BCUT2D eigenvalue weighted by atomic mass is 9.96. The fraction of sp³-hybridized carbons (Fsp3) is 0.455. The van der Waals surface area contributed by atoms with Crippen molar-refractivity contribution in [1.82, 2.24) is 0 Å². The molecule has 0 aliphatic heterocycles. The normalized spacial score (nSPS) is 13.0. The summed E-state index contributed by atoms with van der Waals surface area (Å²) in [4.78, 5) is 0. The van der Waals surface area contributed by atoms with Gasteiger partial charge in [0.1, 0.15) is 11.6 Å². The number of aryl methyl sites for hydroxylation is 1. The maximum absolute atomic E-state index is 13.2. The van der Waals surface area contributed by atoms with Gasteiger partial charge in [-0.3, -0.25) is 0 Å². The van der Waals surface area contributed by atoms with Crippen LogP contribution in [0.2, 0.25) is 0 Å². The first-order valence-electron chi connectivity index (χ1n) is 4.51. The molecule has 0 radical (unpaired) electrons. The van der Waals surface area contributed by atoms with Crippen molar-refractivity contribution in [3.63, 3.8) is 0 Å². The van der Waals surface area contributed by atoms with E-state index in [-0.39, 0.29) is 5.92 Å². The van der Waals surface area contributed by atoms with Crippen LogP contribution in [0.4, 0.5) is 8.78 Å². The van der Waals surface area contributed by atoms with Crippen LogP contribution >= 0.6 is 0 Å². The second kappa shape index (κ2) is 3.86. The maximum Gasteiger partial charge on any atom is 0.129 e. The van der Waals surface area contributed by atoms with Gasteiger partial charge < -0.3 is 0 Å². The highest BCUT2D eigenvalue weighted by atomic mass is 19.1. The minimum absolute atomic E-state index is 0.152. The van der Waals surface area contributed by atoms with E-state index >= 15 is 0 Å². The van der Waals surface area contributed by atoms with Crippen molar-refractivity contribution in [3.05, 3.63) is 34.9 Å². The Morgan fingerprint density at radius 2 is 1.85 bits per heavy atom. The SMILES string of the molecule is CCC(C)c1cc(C)c(F)cc1F. The average molecular weight is 184 g/mol. The van der Waals surface area contributed by atoms with E-state index in [0.29, 0.717) is 11.1 Å². The summed E-state index contributed by atoms with van der Waals surface area (Å²) < 4.78 is 26.1. The molecule has 1 aromatic carbocycles. The van der Waals surface area contributed by atoms with E-state index in [9.17, 15) is 8.78 Å². The number of hydrogen-bond acceptors (Lipinski definition) is 0. The zero-order valence-corrected chi connectivity index (χ0v) is 8.20. The molecular formula is C11H14F2. The molecule has 0 aromatic heterocycles. The average Bonchev–Trinajstić information content (AvgIpc) is 2.10. The van der Waals surface area contributed by atoms with Gasteiger partial charge in [-0.05, 0) is 36.5 Å². The molecule has 0 fully saturated rings. The minimum Gasteiger partial charge on any atom is -0.207 e. The van der Waals surface area contributed by atoms with Crippen LogP contribution in [-0.4, -0.2) is 0 Å². The van der Waals surface area contributed by atoms with Gasteiger partial charge in [-0.25, -0.2) is 8.78 Å². The van der Waals surface area contributed by atoms with Crippen molar-refractivity contribution >= 4 is 0 Å². The fourth-order valence-corrected chi connectivity index (χ4v) is 1.28. The summed E-state index contributed by atoms with van der Waals surface area (Å²) >= 11 is 0. The Balaban J connectivity index is 3.15. The van der Waals surface area contributed by atoms with Gasteiger partial charge in [0.25, 0.3) is 0 Å². The van der Waals surface area contributed by atoms with Crippen LogP contribution in [0.1, 0.15) is 37.3 Å². The lowest BCUT2D eigenvalue weighted by Crippen LogP contribution is -1.98. The highest BCUT2D eigenvalue weighted by Crippen LogP contribution is 2.24. The summed E-state index contributed by atoms with van der Waals surface area (Å²) in [6.45, 7) is 5.58. The monoisotopic (exact) mass is 184 g/mol. The predicted molar refractivity (Wildman–Crippen MR) is 49.8 cm³/mol. The molecule has 13 heavy (non-hydrogen) atoms. The first kappa shape index (κ1) is 10.2. The highest BCUT2D eigenvalue weighted by molar-refractivity contribution is 5.28. The summed E-state index contributed by atoms with van der Waals surface area (Å²) in [6.07, 6.45) is 0.863. The van der Waals surface area contributed by atoms with Gasteiger partial charge in [-0.1, -0.05) is 13.8 Å². The second-order valence-electron chi connectivity index (χ2n) is 3.43. The highest BCUT2D eigenvalue weighted by Gasteiger charge is 2.11. The van der Waals surface area contributed by atoms with E-state index in [0.717, 1.165) is 12.5 Å². The smallest absolute Gasteiger partial charge is 0.129 e. The van der Waals surface area contributed by atoms with Gasteiger partial charge in [0.15, 0.2) is 0 Å². The molecule has 0 N–H and O–H groups in total. The number of benzene rings is 1. The van der Waals surface area contributed by atoms with E-state index in [2.05, 4.69) is 0 Å². The molecule has 0 bridgehead atoms. The molecule has 1 aromatic rings. The van der Waals surface area contributed by atoms with Crippen molar-refractivity contribution in [2.45, 2.75) is 33.1 Å². The van der Waals surface area contributed by atoms with Crippen LogP contribution < -0.4 is 0 Å². The standard InChI is InChI=1S/C11H14F2/c1-4-7(2)9-5-8(3)10(12)6-11(9)13/h5-7H,4H2,1-3H3. The van der Waals surface area contributed by atoms with Crippen LogP contribution in [0, 0.1) is 18.6 Å². The molecule has 1 unspecified atom stereocenters. The van der Waals surface area contributed by atoms with Gasteiger partial charge in [-0.15, -0.1) is 0 Å². The van der Waals surface area contributed by atoms with Crippen LogP contribution in [0.15, 0.2) is 12.1 Å². The molecule has 0 heterocycles. The Hall–Kier alpha value is -0.920. The molecule has 1 rings (SSSR count). The third-order valence-electron chi connectivity index (χ3n) is 2.42. The van der Waals surface area contributed by atoms with Gasteiger partial charge >= 0.3 is 0 Å². The Bertz CT molecular complexity index is 305. The van der Waals surface area contributed by atoms with Crippen molar-refractivity contribution in [2.75, 3.05) is 0 Å². The number of rotatable bonds is 2. The minimum atomic E-state index is -0.468. The summed E-state index contributed by atoms with van der Waals surface area (Å²) in [5.74, 6) is -0.749. The summed E-state index contributed by atoms with van der Waals surface area (Å²) in [5.41, 5.74) is 1.12. The van der Waals surface area contributed by atoms with Crippen LogP contribution in [0.25, 0.3) is 0 Å².